The summed E-state index contributed by atoms with van der Waals surface area (Å²) in [4.78, 5) is 21.2. The summed E-state index contributed by atoms with van der Waals surface area (Å²) in [6.45, 7) is 5.46. The normalized spacial score (nSPS) is 13.5. The van der Waals surface area contributed by atoms with Gasteiger partial charge in [-0.2, -0.15) is 5.26 Å². The van der Waals surface area contributed by atoms with E-state index in [9.17, 15) is 10.1 Å². The maximum atomic E-state index is 11.7. The number of anilines is 2. The fourth-order valence-electron chi connectivity index (χ4n) is 4.94. The second kappa shape index (κ2) is 11.8. The van der Waals surface area contributed by atoms with Gasteiger partial charge < -0.3 is 20.5 Å². The molecule has 1 aliphatic heterocycles. The molecule has 5 rings (SSSR count). The van der Waals surface area contributed by atoms with Crippen LogP contribution in [0.1, 0.15) is 47.1 Å². The lowest BCUT2D eigenvalue weighted by molar-refractivity contribution is -0.127. The molecule has 0 radical (unpaired) electrons. The van der Waals surface area contributed by atoms with Gasteiger partial charge in [-0.15, -0.1) is 0 Å². The Kier molecular flexibility index (Phi) is 7.81. The molecule has 3 N–H and O–H groups in total. The van der Waals surface area contributed by atoms with Gasteiger partial charge in [-0.05, 0) is 61.2 Å². The van der Waals surface area contributed by atoms with E-state index in [0.29, 0.717) is 12.0 Å². The van der Waals surface area contributed by atoms with E-state index >= 15 is 0 Å². The first kappa shape index (κ1) is 25.2. The summed E-state index contributed by atoms with van der Waals surface area (Å²) >= 11 is 0. The number of nitriles is 1. The largest absolute Gasteiger partial charge is 0.361 e. The highest BCUT2D eigenvalue weighted by Crippen LogP contribution is 2.31. The fraction of sp³-hybridized carbons (Fsp3) is 0.258. The van der Waals surface area contributed by atoms with Crippen molar-refractivity contribution < 1.29 is 4.79 Å². The number of hydrogen-bond acceptors (Lipinski definition) is 5. The van der Waals surface area contributed by atoms with Crippen LogP contribution in [0.5, 0.6) is 0 Å². The van der Waals surface area contributed by atoms with Gasteiger partial charge >= 0.3 is 0 Å². The molecule has 0 unspecified atom stereocenters. The molecule has 0 bridgehead atoms. The minimum absolute atomic E-state index is 0.287. The molecular weight excluding hydrogens is 472 g/mol. The van der Waals surface area contributed by atoms with Gasteiger partial charge in [0.25, 0.3) is 0 Å². The fourth-order valence-corrected chi connectivity index (χ4v) is 4.94. The summed E-state index contributed by atoms with van der Waals surface area (Å²) in [6.07, 6.45) is 12.0. The topological polar surface area (TPSA) is 96.8 Å². The molecule has 2 aromatic heterocycles. The number of pyridine rings is 1. The van der Waals surface area contributed by atoms with Gasteiger partial charge in [-0.1, -0.05) is 36.4 Å². The summed E-state index contributed by atoms with van der Waals surface area (Å²) in [7, 11) is 0. The summed E-state index contributed by atoms with van der Waals surface area (Å²) in [6, 6.07) is 16.8. The van der Waals surface area contributed by atoms with E-state index in [-0.39, 0.29) is 5.91 Å². The molecule has 1 amide bonds. The number of nitrogens with zero attached hydrogens (tertiary/aromatic N) is 3. The Bertz CT molecular complexity index is 1510. The van der Waals surface area contributed by atoms with E-state index in [1.807, 2.05) is 35.4 Å². The van der Waals surface area contributed by atoms with Crippen LogP contribution in [0.3, 0.4) is 0 Å². The van der Waals surface area contributed by atoms with Crippen molar-refractivity contribution in [3.8, 4) is 6.07 Å². The quantitative estimate of drug-likeness (QED) is 0.239. The number of carbonyl (C=O) groups is 1. The van der Waals surface area contributed by atoms with Crippen LogP contribution in [0.25, 0.3) is 23.1 Å². The first-order valence-corrected chi connectivity index (χ1v) is 13.1. The maximum absolute atomic E-state index is 11.7. The molecule has 192 valence electrons. The molecule has 1 fully saturated rings. The first-order chi connectivity index (χ1) is 18.6. The van der Waals surface area contributed by atoms with E-state index < -0.39 is 0 Å². The number of hydrogen-bond donors (Lipinski definition) is 3. The molecule has 38 heavy (non-hydrogen) atoms. The highest BCUT2D eigenvalue weighted by Gasteiger charge is 2.18. The Balaban J connectivity index is 1.26. The zero-order valence-electron chi connectivity index (χ0n) is 21.6. The van der Waals surface area contributed by atoms with Crippen LogP contribution in [0, 0.1) is 18.3 Å². The van der Waals surface area contributed by atoms with E-state index in [1.165, 1.54) is 5.56 Å². The van der Waals surface area contributed by atoms with Gasteiger partial charge in [0, 0.05) is 66.8 Å². The molecule has 0 saturated carbocycles. The number of nitrogens with one attached hydrogen (secondary N) is 3. The average molecular weight is 505 g/mol. The number of aromatic amines is 1. The standard InChI is InChI=1S/C31H32N6O/c1-22-27-12-14-35-29(27)11-10-28(22)36-31-25(20-34-21-26(31)18-32)9-8-23-5-2-6-24(17-23)19-33-13-4-16-37-15-3-7-30(37)38/h2,5-6,8-12,14,17,20-21,33,35H,3-4,7,13,15-16,19H2,1H3,(H,34,36)/b9-8+. The molecule has 0 aliphatic carbocycles. The van der Waals surface area contributed by atoms with Crippen LogP contribution in [-0.2, 0) is 11.3 Å². The van der Waals surface area contributed by atoms with Crippen molar-refractivity contribution in [2.45, 2.75) is 32.7 Å². The van der Waals surface area contributed by atoms with Crippen LogP contribution in [-0.4, -0.2) is 40.4 Å². The van der Waals surface area contributed by atoms with Gasteiger partial charge in [0.05, 0.1) is 11.3 Å². The number of benzene rings is 2. The van der Waals surface area contributed by atoms with Gasteiger partial charge in [-0.25, -0.2) is 0 Å². The van der Waals surface area contributed by atoms with Gasteiger partial charge in [0.15, 0.2) is 0 Å². The van der Waals surface area contributed by atoms with Crippen molar-refractivity contribution in [1.29, 1.82) is 5.26 Å². The summed E-state index contributed by atoms with van der Waals surface area (Å²) in [5.74, 6) is 0.287. The van der Waals surface area contributed by atoms with E-state index in [1.54, 1.807) is 12.4 Å². The van der Waals surface area contributed by atoms with Crippen LogP contribution >= 0.6 is 0 Å². The number of aryl methyl sites for hydroxylation is 1. The third-order valence-electron chi connectivity index (χ3n) is 7.05. The second-order valence-electron chi connectivity index (χ2n) is 9.66. The Morgan fingerprint density at radius 3 is 2.95 bits per heavy atom. The highest BCUT2D eigenvalue weighted by molar-refractivity contribution is 5.90. The van der Waals surface area contributed by atoms with Crippen molar-refractivity contribution >= 4 is 40.3 Å². The van der Waals surface area contributed by atoms with Gasteiger partial charge in [0.1, 0.15) is 6.07 Å². The molecule has 0 spiro atoms. The molecule has 2 aromatic carbocycles. The van der Waals surface area contributed by atoms with Crippen LogP contribution in [0.2, 0.25) is 0 Å². The zero-order chi connectivity index (χ0) is 26.3. The van der Waals surface area contributed by atoms with Crippen molar-refractivity contribution in [2.75, 3.05) is 25.0 Å². The maximum Gasteiger partial charge on any atom is 0.222 e. The van der Waals surface area contributed by atoms with Crippen molar-refractivity contribution in [2.24, 2.45) is 0 Å². The Labute approximate surface area is 223 Å². The Morgan fingerprint density at radius 2 is 2.11 bits per heavy atom. The number of likely N-dealkylation sites (tertiary alicyclic amines) is 1. The molecule has 7 heteroatoms. The van der Waals surface area contributed by atoms with Gasteiger partial charge in [-0.3, -0.25) is 9.78 Å². The van der Waals surface area contributed by atoms with Crippen LogP contribution in [0.4, 0.5) is 11.4 Å². The highest BCUT2D eigenvalue weighted by atomic mass is 16.2. The molecule has 0 atom stereocenters. The number of carbonyl (C=O) groups excluding carboxylic acids is 1. The molecule has 4 aromatic rings. The summed E-state index contributed by atoms with van der Waals surface area (Å²) in [5, 5.41) is 17.9. The van der Waals surface area contributed by atoms with E-state index in [4.69, 9.17) is 0 Å². The second-order valence-corrected chi connectivity index (χ2v) is 9.66. The van der Waals surface area contributed by atoms with Crippen molar-refractivity contribution in [1.82, 2.24) is 20.2 Å². The zero-order valence-corrected chi connectivity index (χ0v) is 21.6. The lowest BCUT2D eigenvalue weighted by Gasteiger charge is -2.15. The van der Waals surface area contributed by atoms with Gasteiger partial charge in [0.2, 0.25) is 5.91 Å². The Morgan fingerprint density at radius 1 is 1.18 bits per heavy atom. The monoisotopic (exact) mass is 504 g/mol. The van der Waals surface area contributed by atoms with Crippen molar-refractivity contribution in [3.63, 3.8) is 0 Å². The number of fused-ring (bicyclic) bond motifs is 1. The van der Waals surface area contributed by atoms with Crippen molar-refractivity contribution in [3.05, 3.63) is 88.9 Å². The predicted molar refractivity (Wildman–Crippen MR) is 153 cm³/mol. The third-order valence-corrected chi connectivity index (χ3v) is 7.05. The Hall–Kier alpha value is -4.41. The first-order valence-electron chi connectivity index (χ1n) is 13.1. The lowest BCUT2D eigenvalue weighted by atomic mass is 10.1. The smallest absolute Gasteiger partial charge is 0.222 e. The molecular formula is C31H32N6O. The number of amides is 1. The number of aromatic nitrogens is 2. The lowest BCUT2D eigenvalue weighted by Crippen LogP contribution is -2.28. The molecule has 3 heterocycles. The SMILES string of the molecule is Cc1c(Nc2c(C#N)cncc2/C=C/c2cccc(CNCCCN3CCCC3=O)c2)ccc2[nH]ccc12. The van der Waals surface area contributed by atoms with E-state index in [0.717, 1.165) is 78.0 Å². The third kappa shape index (κ3) is 5.77. The summed E-state index contributed by atoms with van der Waals surface area (Å²) < 4.78 is 0. The number of rotatable bonds is 10. The van der Waals surface area contributed by atoms with Crippen LogP contribution in [0.15, 0.2) is 61.1 Å². The minimum Gasteiger partial charge on any atom is -0.361 e. The molecule has 1 aliphatic rings. The molecule has 7 nitrogen and oxygen atoms in total. The average Bonchev–Trinajstić information content (AvgIpc) is 3.59. The summed E-state index contributed by atoms with van der Waals surface area (Å²) in [5.41, 5.74) is 7.51. The number of H-pyrrole nitrogens is 1. The predicted octanol–water partition coefficient (Wildman–Crippen LogP) is 5.76. The molecule has 1 saturated heterocycles. The van der Waals surface area contributed by atoms with Crippen LogP contribution < -0.4 is 10.6 Å². The minimum atomic E-state index is 0.287. The van der Waals surface area contributed by atoms with E-state index in [2.05, 4.69) is 63.9 Å².